The van der Waals surface area contributed by atoms with E-state index in [1.54, 1.807) is 31.1 Å². The van der Waals surface area contributed by atoms with Crippen molar-refractivity contribution < 1.29 is 29.5 Å². The smallest absolute Gasteiger partial charge is 0.305 e. The number of carbonyl (C=O) groups excluding carboxylic acids is 3. The molecule has 1 aromatic rings. The number of aromatic nitrogens is 1. The number of nitrogens with one attached hydrogen (secondary N) is 4. The highest BCUT2D eigenvalue weighted by Crippen LogP contribution is 2.12. The van der Waals surface area contributed by atoms with Crippen molar-refractivity contribution in [2.45, 2.75) is 51.4 Å². The normalized spacial score (nSPS) is 16.9. The van der Waals surface area contributed by atoms with E-state index in [1.165, 1.54) is 24.2 Å². The molecule has 0 aliphatic carbocycles. The van der Waals surface area contributed by atoms with E-state index in [-0.39, 0.29) is 30.9 Å². The van der Waals surface area contributed by atoms with Gasteiger partial charge < -0.3 is 31.3 Å². The summed E-state index contributed by atoms with van der Waals surface area (Å²) >= 11 is 0. The predicted molar refractivity (Wildman–Crippen MR) is 142 cm³/mol. The molecule has 1 aromatic heterocycles. The number of likely N-dealkylation sites (N-methyl/N-ethyl adjacent to an activating group) is 1. The van der Waals surface area contributed by atoms with Gasteiger partial charge in [0.1, 0.15) is 11.8 Å². The quantitative estimate of drug-likeness (QED) is 0.0899. The average Bonchev–Trinajstić information content (AvgIpc) is 2.89. The summed E-state index contributed by atoms with van der Waals surface area (Å²) in [7, 11) is 1.72. The van der Waals surface area contributed by atoms with Crippen LogP contribution in [0.2, 0.25) is 0 Å². The van der Waals surface area contributed by atoms with E-state index in [0.29, 0.717) is 13.0 Å². The van der Waals surface area contributed by atoms with E-state index in [9.17, 15) is 24.3 Å². The number of carbonyl (C=O) groups is 4. The molecule has 0 spiro atoms. The zero-order valence-electron chi connectivity index (χ0n) is 22.3. The number of carboxylic acid groups (broad SMARTS) is 1. The number of pyridine rings is 1. The van der Waals surface area contributed by atoms with E-state index in [4.69, 9.17) is 10.6 Å². The van der Waals surface area contributed by atoms with Crippen molar-refractivity contribution in [1.82, 2.24) is 30.7 Å². The van der Waals surface area contributed by atoms with Crippen LogP contribution in [-0.2, 0) is 25.6 Å². The second-order valence-corrected chi connectivity index (χ2v) is 9.07. The topological polar surface area (TPSA) is 200 Å². The number of oxime groups is 1. The van der Waals surface area contributed by atoms with Crippen LogP contribution in [0.1, 0.15) is 32.4 Å². The summed E-state index contributed by atoms with van der Waals surface area (Å²) in [5, 5.41) is 37.1. The molecule has 39 heavy (non-hydrogen) atoms. The molecule has 2 amide bonds. The molecule has 6 N–H and O–H groups in total. The molecule has 0 fully saturated rings. The minimum Gasteiger partial charge on any atom is -0.481 e. The third-order valence-corrected chi connectivity index (χ3v) is 6.04. The fourth-order valence-electron chi connectivity index (χ4n) is 3.86. The fourth-order valence-corrected chi connectivity index (χ4v) is 3.86. The Morgan fingerprint density at radius 1 is 1.33 bits per heavy atom. The number of carboxylic acids is 1. The highest BCUT2D eigenvalue weighted by atomic mass is 16.4. The van der Waals surface area contributed by atoms with Crippen molar-refractivity contribution in [3.8, 4) is 0 Å². The first-order valence-corrected chi connectivity index (χ1v) is 12.4. The third-order valence-electron chi connectivity index (χ3n) is 6.04. The SMILES string of the molecule is CCC(C(=O)NC(CC(=O)O)C(=O)CN(C)CCc1ccccn1)N1C=CNC(NC/C(=N/O)C(C)=N)C1=O. The molecule has 14 heteroatoms. The lowest BCUT2D eigenvalue weighted by molar-refractivity contribution is -0.143. The van der Waals surface area contributed by atoms with Crippen LogP contribution in [0.15, 0.2) is 42.0 Å². The van der Waals surface area contributed by atoms with Crippen LogP contribution in [0.5, 0.6) is 0 Å². The number of ketones is 1. The number of hydrogen-bond donors (Lipinski definition) is 6. The molecular weight excluding hydrogens is 508 g/mol. The van der Waals surface area contributed by atoms with Crippen molar-refractivity contribution in [2.24, 2.45) is 5.16 Å². The van der Waals surface area contributed by atoms with E-state index < -0.39 is 48.2 Å². The van der Waals surface area contributed by atoms with Crippen molar-refractivity contribution in [1.29, 1.82) is 5.41 Å². The van der Waals surface area contributed by atoms with E-state index in [0.717, 1.165) is 5.69 Å². The average molecular weight is 545 g/mol. The lowest BCUT2D eigenvalue weighted by Gasteiger charge is -2.34. The number of Topliss-reactive ketones (excluding diaryl/α,β-unsaturated/α-hetero) is 1. The Balaban J connectivity index is 2.04. The molecule has 0 bridgehead atoms. The number of hydrogen-bond acceptors (Lipinski definition) is 11. The number of aliphatic carboxylic acids is 1. The molecular formula is C25H36N8O6. The van der Waals surface area contributed by atoms with Gasteiger partial charge in [-0.3, -0.25) is 34.4 Å². The van der Waals surface area contributed by atoms with Gasteiger partial charge in [0.25, 0.3) is 5.91 Å². The summed E-state index contributed by atoms with van der Waals surface area (Å²) < 4.78 is 0. The van der Waals surface area contributed by atoms with Gasteiger partial charge in [-0.2, -0.15) is 0 Å². The number of nitrogens with zero attached hydrogens (tertiary/aromatic N) is 4. The first kappa shape index (κ1) is 31.1. The van der Waals surface area contributed by atoms with Gasteiger partial charge >= 0.3 is 5.97 Å². The lowest BCUT2D eigenvalue weighted by atomic mass is 10.1. The van der Waals surface area contributed by atoms with Gasteiger partial charge in [0.15, 0.2) is 11.9 Å². The Morgan fingerprint density at radius 3 is 2.67 bits per heavy atom. The minimum atomic E-state index is -1.28. The van der Waals surface area contributed by atoms with Crippen LogP contribution in [0.4, 0.5) is 0 Å². The number of amides is 2. The summed E-state index contributed by atoms with van der Waals surface area (Å²) in [4.78, 5) is 57.9. The maximum absolute atomic E-state index is 13.2. The van der Waals surface area contributed by atoms with Crippen LogP contribution in [-0.4, -0.2) is 105 Å². The van der Waals surface area contributed by atoms with Crippen molar-refractivity contribution in [2.75, 3.05) is 26.7 Å². The summed E-state index contributed by atoms with van der Waals surface area (Å²) in [5.41, 5.74) is 0.908. The second kappa shape index (κ2) is 15.3. The Kier molecular flexibility index (Phi) is 12.2. The van der Waals surface area contributed by atoms with Gasteiger partial charge in [-0.1, -0.05) is 18.1 Å². The first-order chi connectivity index (χ1) is 18.6. The Labute approximate surface area is 226 Å². The van der Waals surface area contributed by atoms with Gasteiger partial charge in [-0.05, 0) is 32.5 Å². The zero-order valence-corrected chi connectivity index (χ0v) is 22.3. The summed E-state index contributed by atoms with van der Waals surface area (Å²) in [6, 6.07) is 3.25. The number of rotatable bonds is 16. The van der Waals surface area contributed by atoms with E-state index >= 15 is 0 Å². The molecule has 3 unspecified atom stereocenters. The van der Waals surface area contributed by atoms with Crippen LogP contribution < -0.4 is 16.0 Å². The molecule has 2 rings (SSSR count). The van der Waals surface area contributed by atoms with Gasteiger partial charge in [-0.25, -0.2) is 0 Å². The molecule has 14 nitrogen and oxygen atoms in total. The van der Waals surface area contributed by atoms with Crippen molar-refractivity contribution in [3.63, 3.8) is 0 Å². The minimum absolute atomic E-state index is 0.0167. The third kappa shape index (κ3) is 9.57. The van der Waals surface area contributed by atoms with Crippen LogP contribution in [0.3, 0.4) is 0 Å². The molecule has 0 saturated heterocycles. The maximum Gasteiger partial charge on any atom is 0.305 e. The molecule has 1 aliphatic rings. The van der Waals surface area contributed by atoms with Crippen LogP contribution in [0.25, 0.3) is 0 Å². The standard InChI is InChI=1S/C25H36N8O6/c1-4-20(33-12-10-28-23(25(33)38)29-14-19(31-39)16(2)26)24(37)30-18(13-22(35)36)21(34)15-32(3)11-8-17-7-5-6-9-27-17/h5-7,9-10,12,18,20,23,26,28-29,39H,4,8,11,13-15H2,1-3H3,(H,30,37)(H,35,36)/b26-16?,31-19-. The summed E-state index contributed by atoms with van der Waals surface area (Å²) in [6.45, 7) is 3.46. The summed E-state index contributed by atoms with van der Waals surface area (Å²) in [5.74, 6) is -2.90. The molecule has 212 valence electrons. The Morgan fingerprint density at radius 2 is 2.08 bits per heavy atom. The monoisotopic (exact) mass is 544 g/mol. The highest BCUT2D eigenvalue weighted by Gasteiger charge is 2.35. The largest absolute Gasteiger partial charge is 0.481 e. The fraction of sp³-hybridized carbons (Fsp3) is 0.480. The highest BCUT2D eigenvalue weighted by molar-refractivity contribution is 6.40. The lowest BCUT2D eigenvalue weighted by Crippen LogP contribution is -2.60. The zero-order chi connectivity index (χ0) is 28.9. The van der Waals surface area contributed by atoms with Gasteiger partial charge in [0.2, 0.25) is 5.91 Å². The molecule has 3 atom stereocenters. The van der Waals surface area contributed by atoms with Crippen LogP contribution in [0, 0.1) is 5.41 Å². The maximum atomic E-state index is 13.2. The molecule has 2 heterocycles. The molecule has 0 radical (unpaired) electrons. The van der Waals surface area contributed by atoms with Crippen molar-refractivity contribution in [3.05, 3.63) is 42.5 Å². The second-order valence-electron chi connectivity index (χ2n) is 9.07. The molecule has 0 saturated carbocycles. The molecule has 0 aromatic carbocycles. The van der Waals surface area contributed by atoms with Crippen molar-refractivity contribution >= 4 is 35.0 Å². The Bertz CT molecular complexity index is 1090. The predicted octanol–water partition coefficient (Wildman–Crippen LogP) is -0.448. The van der Waals surface area contributed by atoms with Gasteiger partial charge in [0, 0.05) is 43.8 Å². The van der Waals surface area contributed by atoms with E-state index in [1.807, 2.05) is 12.1 Å². The Hall–Kier alpha value is -4.17. The van der Waals surface area contributed by atoms with Gasteiger partial charge in [0.05, 0.1) is 24.7 Å². The summed E-state index contributed by atoms with van der Waals surface area (Å²) in [6.07, 6.45) is 3.73. The van der Waals surface area contributed by atoms with Gasteiger partial charge in [-0.15, -0.1) is 0 Å². The van der Waals surface area contributed by atoms with Crippen LogP contribution >= 0.6 is 0 Å². The first-order valence-electron chi connectivity index (χ1n) is 12.4. The molecule has 1 aliphatic heterocycles. The van der Waals surface area contributed by atoms with E-state index in [2.05, 4.69) is 26.1 Å².